The summed E-state index contributed by atoms with van der Waals surface area (Å²) in [5.41, 5.74) is 8.03. The van der Waals surface area contributed by atoms with Gasteiger partial charge >= 0.3 is 0 Å². The minimum Gasteiger partial charge on any atom is -0.485 e. The number of likely N-dealkylation sites (tertiary alicyclic amines) is 1. The highest BCUT2D eigenvalue weighted by molar-refractivity contribution is 6.05. The number of nitrogens with one attached hydrogen (secondary N) is 1. The maximum absolute atomic E-state index is 14.8. The Kier molecular flexibility index (Phi) is 7.45. The molecule has 2 heterocycles. The van der Waals surface area contributed by atoms with Crippen LogP contribution in [0.15, 0.2) is 48.9 Å². The maximum atomic E-state index is 14.8. The van der Waals surface area contributed by atoms with Crippen molar-refractivity contribution in [2.24, 2.45) is 0 Å². The average Bonchev–Trinajstić information content (AvgIpc) is 3.68. The normalized spacial score (nSPS) is 19.1. The number of ether oxygens (including phenoxy) is 1. The number of amides is 1. The van der Waals surface area contributed by atoms with Crippen LogP contribution in [0.5, 0.6) is 5.75 Å². The van der Waals surface area contributed by atoms with Crippen LogP contribution in [0.4, 0.5) is 24.7 Å². The van der Waals surface area contributed by atoms with Crippen molar-refractivity contribution in [3.63, 3.8) is 0 Å². The smallest absolute Gasteiger partial charge is 0.258 e. The third kappa shape index (κ3) is 5.69. The Morgan fingerprint density at radius 3 is 2.74 bits per heavy atom. The summed E-state index contributed by atoms with van der Waals surface area (Å²) in [4.78, 5) is 23.1. The number of rotatable bonds is 8. The van der Waals surface area contributed by atoms with Gasteiger partial charge in [0.25, 0.3) is 5.91 Å². The molecule has 0 spiro atoms. The molecule has 2 atom stereocenters. The van der Waals surface area contributed by atoms with Crippen LogP contribution in [-0.4, -0.2) is 46.1 Å². The van der Waals surface area contributed by atoms with Crippen molar-refractivity contribution in [1.82, 2.24) is 14.9 Å². The van der Waals surface area contributed by atoms with Gasteiger partial charge in [-0.25, -0.2) is 23.1 Å². The van der Waals surface area contributed by atoms with Gasteiger partial charge < -0.3 is 20.7 Å². The Bertz CT molecular complexity index is 1430. The van der Waals surface area contributed by atoms with E-state index in [1.807, 2.05) is 24.1 Å². The summed E-state index contributed by atoms with van der Waals surface area (Å²) in [5.74, 6) is -1.44. The van der Waals surface area contributed by atoms with E-state index in [0.717, 1.165) is 24.5 Å². The predicted molar refractivity (Wildman–Crippen MR) is 143 cm³/mol. The number of allylic oxidation sites excluding steroid dienone is 1. The maximum Gasteiger partial charge on any atom is 0.258 e. The lowest BCUT2D eigenvalue weighted by atomic mass is 10.0. The standard InChI is InChI=1S/C29H30F3N5O2/c1-3-8-37-13-20(31)10-21(37)14-39-27-26(34-15-35-28(27)33)23-11-19(30)12-25(16(23)2)36-29(38)22-7-6-18(9-24(22)32)17-4-5-17/h3,6-9,11-12,15,17,20-21H,4-5,10,13-14H2,1-2H3,(H,36,38)(H2,33,34,35)/t20-,21+/m1/s1. The minimum atomic E-state index is -0.981. The molecule has 1 saturated carbocycles. The van der Waals surface area contributed by atoms with E-state index in [2.05, 4.69) is 15.3 Å². The van der Waals surface area contributed by atoms with Gasteiger partial charge in [-0.15, -0.1) is 0 Å². The van der Waals surface area contributed by atoms with Gasteiger partial charge in [0, 0.05) is 24.2 Å². The van der Waals surface area contributed by atoms with Gasteiger partial charge in [0.1, 0.15) is 36.4 Å². The zero-order valence-corrected chi connectivity index (χ0v) is 21.8. The summed E-state index contributed by atoms with van der Waals surface area (Å²) in [6.07, 6.45) is 6.21. The monoisotopic (exact) mass is 537 g/mol. The van der Waals surface area contributed by atoms with E-state index < -0.39 is 23.7 Å². The number of hydrogen-bond acceptors (Lipinski definition) is 6. The van der Waals surface area contributed by atoms with Crippen LogP contribution in [0.2, 0.25) is 0 Å². The lowest BCUT2D eigenvalue weighted by molar-refractivity contribution is 0.102. The zero-order valence-electron chi connectivity index (χ0n) is 21.8. The van der Waals surface area contributed by atoms with Crippen molar-refractivity contribution < 1.29 is 22.7 Å². The van der Waals surface area contributed by atoms with Crippen LogP contribution in [0.3, 0.4) is 0 Å². The molecule has 7 nitrogen and oxygen atoms in total. The first-order valence-electron chi connectivity index (χ1n) is 12.9. The molecule has 1 aromatic heterocycles. The van der Waals surface area contributed by atoms with E-state index in [1.165, 1.54) is 24.5 Å². The molecule has 1 saturated heterocycles. The van der Waals surface area contributed by atoms with Crippen LogP contribution < -0.4 is 15.8 Å². The van der Waals surface area contributed by atoms with Crippen molar-refractivity contribution in [3.8, 4) is 17.0 Å². The molecule has 0 unspecified atom stereocenters. The van der Waals surface area contributed by atoms with Crippen LogP contribution in [0.25, 0.3) is 11.3 Å². The molecule has 3 aromatic rings. The predicted octanol–water partition coefficient (Wildman–Crippen LogP) is 5.77. The first-order chi connectivity index (χ1) is 18.7. The van der Waals surface area contributed by atoms with Crippen molar-refractivity contribution in [3.05, 3.63) is 77.3 Å². The molecular weight excluding hydrogens is 507 g/mol. The van der Waals surface area contributed by atoms with Crippen LogP contribution in [0.1, 0.15) is 53.6 Å². The third-order valence-electron chi connectivity index (χ3n) is 7.16. The number of carbonyl (C=O) groups is 1. The first kappa shape index (κ1) is 26.5. The Balaban J connectivity index is 1.41. The molecule has 2 aliphatic rings. The summed E-state index contributed by atoms with van der Waals surface area (Å²) >= 11 is 0. The Hall–Kier alpha value is -4.08. The number of halogens is 3. The zero-order chi connectivity index (χ0) is 27.7. The quantitative estimate of drug-likeness (QED) is 0.379. The molecule has 39 heavy (non-hydrogen) atoms. The number of nitrogens with two attached hydrogens (primary N) is 1. The second-order valence-electron chi connectivity index (χ2n) is 10.0. The van der Waals surface area contributed by atoms with E-state index in [4.69, 9.17) is 10.5 Å². The number of hydrogen-bond donors (Lipinski definition) is 2. The largest absolute Gasteiger partial charge is 0.485 e. The fraction of sp³-hybridized carbons (Fsp3) is 0.345. The SMILES string of the molecule is CC=CN1C[C@H](F)C[C@H]1COc1c(N)ncnc1-c1cc(F)cc(NC(=O)c2ccc(C3CC3)cc2F)c1C. The molecule has 5 rings (SSSR count). The van der Waals surface area contributed by atoms with Crippen LogP contribution in [0, 0.1) is 18.6 Å². The number of benzene rings is 2. The molecule has 2 aromatic carbocycles. The molecule has 1 aliphatic carbocycles. The summed E-state index contributed by atoms with van der Waals surface area (Å²) in [5, 5.41) is 2.63. The fourth-order valence-electron chi connectivity index (χ4n) is 4.95. The molecule has 0 radical (unpaired) electrons. The number of carbonyl (C=O) groups excluding carboxylic acids is 1. The van der Waals surface area contributed by atoms with E-state index in [-0.39, 0.29) is 47.7 Å². The van der Waals surface area contributed by atoms with E-state index >= 15 is 0 Å². The lowest BCUT2D eigenvalue weighted by Gasteiger charge is -2.23. The lowest BCUT2D eigenvalue weighted by Crippen LogP contribution is -2.30. The van der Waals surface area contributed by atoms with Gasteiger partial charge in [-0.2, -0.15) is 0 Å². The van der Waals surface area contributed by atoms with Gasteiger partial charge in [0.2, 0.25) is 0 Å². The highest BCUT2D eigenvalue weighted by atomic mass is 19.1. The average molecular weight is 538 g/mol. The molecule has 1 aliphatic heterocycles. The number of aromatic nitrogens is 2. The fourth-order valence-corrected chi connectivity index (χ4v) is 4.95. The van der Waals surface area contributed by atoms with E-state index in [1.54, 1.807) is 13.0 Å². The Labute approximate surface area is 224 Å². The number of alkyl halides is 1. The van der Waals surface area contributed by atoms with E-state index in [0.29, 0.717) is 23.5 Å². The van der Waals surface area contributed by atoms with Gasteiger partial charge in [-0.3, -0.25) is 4.79 Å². The Morgan fingerprint density at radius 1 is 1.23 bits per heavy atom. The Morgan fingerprint density at radius 2 is 2.03 bits per heavy atom. The first-order valence-corrected chi connectivity index (χ1v) is 12.9. The topological polar surface area (TPSA) is 93.4 Å². The number of nitrogen functional groups attached to an aromatic ring is 1. The van der Waals surface area contributed by atoms with Crippen molar-refractivity contribution in [2.45, 2.75) is 51.2 Å². The van der Waals surface area contributed by atoms with Gasteiger partial charge in [-0.1, -0.05) is 12.1 Å². The molecular formula is C29H30F3N5O2. The molecule has 3 N–H and O–H groups in total. The summed E-state index contributed by atoms with van der Waals surface area (Å²) in [6.45, 7) is 3.91. The number of anilines is 2. The second-order valence-corrected chi connectivity index (χ2v) is 10.0. The molecule has 204 valence electrons. The highest BCUT2D eigenvalue weighted by Crippen LogP contribution is 2.41. The molecule has 2 fully saturated rings. The molecule has 0 bridgehead atoms. The molecule has 1 amide bonds. The number of nitrogens with zero attached hydrogens (tertiary/aromatic N) is 3. The highest BCUT2D eigenvalue weighted by Gasteiger charge is 2.31. The molecule has 10 heteroatoms. The summed E-state index contributed by atoms with van der Waals surface area (Å²) in [6, 6.07) is 6.77. The second kappa shape index (κ2) is 11.0. The summed E-state index contributed by atoms with van der Waals surface area (Å²) < 4.78 is 49.6. The van der Waals surface area contributed by atoms with Crippen LogP contribution >= 0.6 is 0 Å². The van der Waals surface area contributed by atoms with Crippen LogP contribution in [-0.2, 0) is 0 Å². The van der Waals surface area contributed by atoms with Crippen molar-refractivity contribution in [2.75, 3.05) is 24.2 Å². The van der Waals surface area contributed by atoms with Gasteiger partial charge in [-0.05, 0) is 74.2 Å². The van der Waals surface area contributed by atoms with Crippen molar-refractivity contribution in [1.29, 1.82) is 0 Å². The minimum absolute atomic E-state index is 0.0412. The van der Waals surface area contributed by atoms with Gasteiger partial charge in [0.15, 0.2) is 11.6 Å². The third-order valence-corrected chi connectivity index (χ3v) is 7.16. The van der Waals surface area contributed by atoms with E-state index in [9.17, 15) is 18.0 Å². The van der Waals surface area contributed by atoms with Gasteiger partial charge in [0.05, 0.1) is 11.6 Å². The summed E-state index contributed by atoms with van der Waals surface area (Å²) in [7, 11) is 0. The van der Waals surface area contributed by atoms with Crippen molar-refractivity contribution >= 4 is 17.4 Å².